The maximum absolute atomic E-state index is 10.6. The van der Waals surface area contributed by atoms with Crippen molar-refractivity contribution in [1.82, 2.24) is 4.98 Å². The summed E-state index contributed by atoms with van der Waals surface area (Å²) >= 11 is 16.6. The van der Waals surface area contributed by atoms with E-state index in [9.17, 15) is 4.79 Å². The summed E-state index contributed by atoms with van der Waals surface area (Å²) in [5.41, 5.74) is -0.00386. The number of aromatic nitrogens is 1. The number of halogens is 3. The Morgan fingerprint density at radius 2 is 2.08 bits per heavy atom. The number of nitrogens with zero attached hydrogens (tertiary/aromatic N) is 1. The molecule has 0 amide bonds. The molecule has 0 aliphatic carbocycles. The first kappa shape index (κ1) is 10.6. The number of alkyl halides is 2. The fraction of sp³-hybridized carbons (Fsp3) is 0.143. The minimum Gasteiger partial charge on any atom is -0.479 e. The van der Waals surface area contributed by atoms with E-state index < -0.39 is 10.3 Å². The van der Waals surface area contributed by atoms with Gasteiger partial charge in [0.15, 0.2) is 0 Å². The van der Waals surface area contributed by atoms with E-state index in [0.29, 0.717) is 0 Å². The van der Waals surface area contributed by atoms with Crippen molar-refractivity contribution in [2.45, 2.75) is 4.33 Å². The van der Waals surface area contributed by atoms with Crippen LogP contribution in [0.4, 0.5) is 0 Å². The molecule has 0 spiro atoms. The fourth-order valence-corrected chi connectivity index (χ4v) is 1.07. The first-order valence-corrected chi connectivity index (χ1v) is 4.32. The summed E-state index contributed by atoms with van der Waals surface area (Å²) in [6, 6.07) is 4.41. The van der Waals surface area contributed by atoms with Crippen molar-refractivity contribution < 1.29 is 9.90 Å². The average molecular weight is 240 g/mol. The second kappa shape index (κ2) is 3.70. The Balaban J connectivity index is 3.14. The van der Waals surface area contributed by atoms with Crippen LogP contribution in [0.2, 0.25) is 5.15 Å². The minimum absolute atomic E-state index is 0.00386. The van der Waals surface area contributed by atoms with Gasteiger partial charge in [-0.1, -0.05) is 40.9 Å². The van der Waals surface area contributed by atoms with Crippen LogP contribution in [0.5, 0.6) is 0 Å². The Hall–Kier alpha value is -0.510. The van der Waals surface area contributed by atoms with Gasteiger partial charge in [-0.3, -0.25) is 0 Å². The molecule has 0 atom stereocenters. The van der Waals surface area contributed by atoms with Gasteiger partial charge in [0.25, 0.3) is 4.33 Å². The first-order chi connectivity index (χ1) is 5.94. The van der Waals surface area contributed by atoms with E-state index in [2.05, 4.69) is 4.98 Å². The molecule has 6 heteroatoms. The van der Waals surface area contributed by atoms with Gasteiger partial charge in [0.2, 0.25) is 0 Å². The van der Waals surface area contributed by atoms with Gasteiger partial charge in [-0.25, -0.2) is 9.78 Å². The maximum atomic E-state index is 10.6. The molecule has 0 saturated carbocycles. The largest absolute Gasteiger partial charge is 0.479 e. The van der Waals surface area contributed by atoms with Crippen molar-refractivity contribution in [3.8, 4) is 0 Å². The molecule has 1 aromatic rings. The molecular weight excluding hydrogens is 236 g/mol. The van der Waals surface area contributed by atoms with Crippen LogP contribution in [0, 0.1) is 0 Å². The highest BCUT2D eigenvalue weighted by Crippen LogP contribution is 2.33. The van der Waals surface area contributed by atoms with Crippen LogP contribution < -0.4 is 0 Å². The van der Waals surface area contributed by atoms with Crippen molar-refractivity contribution in [3.63, 3.8) is 0 Å². The minimum atomic E-state index is -2.05. The van der Waals surface area contributed by atoms with Crippen molar-refractivity contribution in [3.05, 3.63) is 29.0 Å². The molecule has 0 aliphatic rings. The van der Waals surface area contributed by atoms with E-state index in [1.165, 1.54) is 18.2 Å². The lowest BCUT2D eigenvalue weighted by atomic mass is 10.2. The molecule has 0 saturated heterocycles. The lowest BCUT2D eigenvalue weighted by Gasteiger charge is -2.12. The molecule has 13 heavy (non-hydrogen) atoms. The van der Waals surface area contributed by atoms with E-state index in [0.717, 1.165) is 0 Å². The molecule has 70 valence electrons. The van der Waals surface area contributed by atoms with E-state index in [-0.39, 0.29) is 10.8 Å². The highest BCUT2D eigenvalue weighted by Gasteiger charge is 2.37. The number of carboxylic acids is 1. The highest BCUT2D eigenvalue weighted by molar-refractivity contribution is 6.56. The third-order valence-electron chi connectivity index (χ3n) is 1.31. The van der Waals surface area contributed by atoms with Crippen molar-refractivity contribution in [1.29, 1.82) is 0 Å². The van der Waals surface area contributed by atoms with Crippen LogP contribution in [0.15, 0.2) is 18.2 Å². The summed E-state index contributed by atoms with van der Waals surface area (Å²) < 4.78 is -2.05. The number of pyridine rings is 1. The van der Waals surface area contributed by atoms with Crippen molar-refractivity contribution in [2.24, 2.45) is 0 Å². The van der Waals surface area contributed by atoms with E-state index >= 15 is 0 Å². The monoisotopic (exact) mass is 239 g/mol. The quantitative estimate of drug-likeness (QED) is 0.638. The standard InChI is InChI=1S/C7H4Cl3NO2/c8-5-3-1-2-4(11-5)7(9,10)6(12)13/h1-3H,(H,12,13). The molecule has 1 N–H and O–H groups in total. The summed E-state index contributed by atoms with van der Waals surface area (Å²) in [5, 5.41) is 8.78. The second-order valence-corrected chi connectivity index (χ2v) is 3.94. The summed E-state index contributed by atoms with van der Waals surface area (Å²) in [6.45, 7) is 0. The number of aliphatic carboxylic acids is 1. The first-order valence-electron chi connectivity index (χ1n) is 3.19. The molecule has 0 unspecified atom stereocenters. The molecule has 1 heterocycles. The van der Waals surface area contributed by atoms with Crippen molar-refractivity contribution in [2.75, 3.05) is 0 Å². The number of hydrogen-bond donors (Lipinski definition) is 1. The average Bonchev–Trinajstić information content (AvgIpc) is 2.04. The van der Waals surface area contributed by atoms with E-state index in [4.69, 9.17) is 39.9 Å². The lowest BCUT2D eigenvalue weighted by molar-refractivity contribution is -0.138. The van der Waals surface area contributed by atoms with Crippen LogP contribution in [0.1, 0.15) is 5.69 Å². The molecule has 0 fully saturated rings. The van der Waals surface area contributed by atoms with Crippen LogP contribution in [0.3, 0.4) is 0 Å². The Morgan fingerprint density at radius 3 is 2.54 bits per heavy atom. The van der Waals surface area contributed by atoms with Crippen molar-refractivity contribution >= 4 is 40.8 Å². The van der Waals surface area contributed by atoms with Crippen LogP contribution in [-0.4, -0.2) is 16.1 Å². The van der Waals surface area contributed by atoms with Gasteiger partial charge in [-0.15, -0.1) is 0 Å². The lowest BCUT2D eigenvalue weighted by Crippen LogP contribution is -2.23. The fourth-order valence-electron chi connectivity index (χ4n) is 0.693. The topological polar surface area (TPSA) is 50.2 Å². The molecule has 0 radical (unpaired) electrons. The Bertz CT molecular complexity index is 340. The summed E-state index contributed by atoms with van der Waals surface area (Å²) in [6.07, 6.45) is 0. The molecule has 3 nitrogen and oxygen atoms in total. The Kier molecular flexibility index (Phi) is 3.01. The predicted octanol–water partition coefficient (Wildman–Crippen LogP) is 2.45. The number of rotatable bonds is 2. The third kappa shape index (κ3) is 2.24. The Morgan fingerprint density at radius 1 is 1.46 bits per heavy atom. The molecule has 0 aromatic carbocycles. The second-order valence-electron chi connectivity index (χ2n) is 2.23. The maximum Gasteiger partial charge on any atom is 0.346 e. The Labute approximate surface area is 89.2 Å². The zero-order valence-electron chi connectivity index (χ0n) is 6.17. The number of carbonyl (C=O) groups is 1. The normalized spacial score (nSPS) is 11.3. The molecule has 1 rings (SSSR count). The van der Waals surface area contributed by atoms with Gasteiger partial charge in [0.1, 0.15) is 5.15 Å². The zero-order valence-corrected chi connectivity index (χ0v) is 8.44. The van der Waals surface area contributed by atoms with Gasteiger partial charge in [0.05, 0.1) is 5.69 Å². The van der Waals surface area contributed by atoms with Gasteiger partial charge < -0.3 is 5.11 Å². The van der Waals surface area contributed by atoms with Crippen LogP contribution >= 0.6 is 34.8 Å². The molecule has 1 aromatic heterocycles. The summed E-state index contributed by atoms with van der Waals surface area (Å²) in [4.78, 5) is 14.3. The van der Waals surface area contributed by atoms with Crippen LogP contribution in [-0.2, 0) is 9.13 Å². The van der Waals surface area contributed by atoms with Gasteiger partial charge in [0, 0.05) is 0 Å². The molecular formula is C7H4Cl3NO2. The smallest absolute Gasteiger partial charge is 0.346 e. The van der Waals surface area contributed by atoms with E-state index in [1.807, 2.05) is 0 Å². The molecule has 0 aliphatic heterocycles. The molecule has 0 bridgehead atoms. The van der Waals surface area contributed by atoms with Crippen LogP contribution in [0.25, 0.3) is 0 Å². The number of carboxylic acid groups (broad SMARTS) is 1. The highest BCUT2D eigenvalue weighted by atomic mass is 35.5. The number of hydrogen-bond acceptors (Lipinski definition) is 2. The van der Waals surface area contributed by atoms with Gasteiger partial charge in [-0.05, 0) is 12.1 Å². The summed E-state index contributed by atoms with van der Waals surface area (Å²) in [5.74, 6) is -1.38. The summed E-state index contributed by atoms with van der Waals surface area (Å²) in [7, 11) is 0. The van der Waals surface area contributed by atoms with Gasteiger partial charge in [-0.2, -0.15) is 0 Å². The predicted molar refractivity (Wildman–Crippen MR) is 50.3 cm³/mol. The third-order valence-corrected chi connectivity index (χ3v) is 2.23. The van der Waals surface area contributed by atoms with E-state index in [1.54, 1.807) is 0 Å². The SMILES string of the molecule is O=C(O)C(Cl)(Cl)c1cccc(Cl)n1. The zero-order chi connectivity index (χ0) is 10.1. The van der Waals surface area contributed by atoms with Gasteiger partial charge >= 0.3 is 5.97 Å².